The average molecular weight is 886 g/mol. The second-order valence-electron chi connectivity index (χ2n) is 16.9. The Morgan fingerprint density at radius 1 is 1.13 bits per heavy atom. The van der Waals surface area contributed by atoms with Gasteiger partial charge in [0.15, 0.2) is 11.6 Å². The van der Waals surface area contributed by atoms with Gasteiger partial charge in [-0.15, -0.1) is 0 Å². The maximum absolute atomic E-state index is 15.1. The highest BCUT2D eigenvalue weighted by atomic mass is 32.2. The normalized spacial score (nSPS) is 28.6. The third-order valence-electron chi connectivity index (χ3n) is 12.3. The van der Waals surface area contributed by atoms with E-state index >= 15 is 9.18 Å². The highest BCUT2D eigenvalue weighted by molar-refractivity contribution is 7.91. The predicted octanol–water partition coefficient (Wildman–Crippen LogP) is 4.84. The van der Waals surface area contributed by atoms with Crippen molar-refractivity contribution in [2.75, 3.05) is 20.8 Å². The molecule has 6 rings (SSSR count). The van der Waals surface area contributed by atoms with Crippen LogP contribution in [-0.2, 0) is 29.1 Å². The van der Waals surface area contributed by atoms with Gasteiger partial charge in [0.1, 0.15) is 35.0 Å². The Balaban J connectivity index is 1.46. The first-order valence-corrected chi connectivity index (χ1v) is 21.4. The summed E-state index contributed by atoms with van der Waals surface area (Å²) in [6.07, 6.45) is -6.57. The van der Waals surface area contributed by atoms with E-state index in [1.54, 1.807) is 19.1 Å². The van der Waals surface area contributed by atoms with Gasteiger partial charge in [0, 0.05) is 29.9 Å². The first-order valence-electron chi connectivity index (χ1n) is 19.9. The summed E-state index contributed by atoms with van der Waals surface area (Å²) in [5.41, 5.74) is -4.79. The standard InChI is InChI=1S/C40H51F4N5O11S/c1-8-28-32(49(36(53)54)37(3,4)40(42,43)44)34(51)48-20-23(60-29-18-31(58-7)45-26-17-30(57-6)25(41)16-24(26)29)15-27(48)33(50)46-39(19-22(39)12-10-9-11-21(2)59-28)35(52)47-61(55,56)38(5)13-14-38/h10,12,16-18,21-23,27-28,32H,8-9,11,13-15,19-20H2,1-7H3,(H,46,50)(H,47,52)(H,53,54)/b12-10-/t21-,22-,23-,27+,28+,32+,39-/m1/s1. The number of nitrogens with one attached hydrogen (secondary N) is 2. The van der Waals surface area contributed by atoms with Gasteiger partial charge in [0.25, 0.3) is 5.91 Å². The average Bonchev–Trinajstić information content (AvgIpc) is 4.06. The Hall–Kier alpha value is -4.92. The Kier molecular flexibility index (Phi) is 12.3. The summed E-state index contributed by atoms with van der Waals surface area (Å²) in [7, 11) is -1.60. The van der Waals surface area contributed by atoms with Crippen LogP contribution < -0.4 is 24.2 Å². The highest BCUT2D eigenvalue weighted by Crippen LogP contribution is 2.48. The molecule has 3 N–H and O–H groups in total. The van der Waals surface area contributed by atoms with Crippen molar-refractivity contribution in [3.05, 3.63) is 36.2 Å². The van der Waals surface area contributed by atoms with E-state index in [0.29, 0.717) is 33.1 Å². The molecule has 0 radical (unpaired) electrons. The van der Waals surface area contributed by atoms with Crippen LogP contribution in [0, 0.1) is 11.7 Å². The van der Waals surface area contributed by atoms with E-state index in [-0.39, 0.29) is 58.9 Å². The fourth-order valence-corrected chi connectivity index (χ4v) is 9.26. The number of rotatable bonds is 10. The Morgan fingerprint density at radius 3 is 2.41 bits per heavy atom. The first-order chi connectivity index (χ1) is 28.4. The van der Waals surface area contributed by atoms with E-state index in [0.717, 1.165) is 11.0 Å². The molecule has 7 atom stereocenters. The largest absolute Gasteiger partial charge is 0.494 e. The Labute approximate surface area is 350 Å². The van der Waals surface area contributed by atoms with E-state index in [9.17, 15) is 41.1 Å². The van der Waals surface area contributed by atoms with Gasteiger partial charge in [0.05, 0.1) is 43.2 Å². The van der Waals surface area contributed by atoms with Crippen molar-refractivity contribution in [2.24, 2.45) is 5.92 Å². The van der Waals surface area contributed by atoms with Crippen molar-refractivity contribution in [3.63, 3.8) is 0 Å². The van der Waals surface area contributed by atoms with Gasteiger partial charge < -0.3 is 34.3 Å². The van der Waals surface area contributed by atoms with Gasteiger partial charge in [-0.25, -0.2) is 22.6 Å². The fourth-order valence-electron chi connectivity index (χ4n) is 7.95. The molecule has 1 aromatic heterocycles. The lowest BCUT2D eigenvalue weighted by Crippen LogP contribution is -2.68. The molecule has 3 fully saturated rings. The topological polar surface area (TPSA) is 203 Å². The number of carbonyl (C=O) groups excluding carboxylic acids is 3. The third kappa shape index (κ3) is 8.63. The molecular formula is C40H51F4N5O11S. The maximum atomic E-state index is 15.1. The predicted molar refractivity (Wildman–Crippen MR) is 210 cm³/mol. The molecule has 4 amide bonds. The van der Waals surface area contributed by atoms with E-state index in [2.05, 4.69) is 15.0 Å². The van der Waals surface area contributed by atoms with Crippen molar-refractivity contribution < 1.29 is 69.2 Å². The minimum atomic E-state index is -5.19. The molecule has 1 aromatic carbocycles. The van der Waals surface area contributed by atoms with Crippen molar-refractivity contribution in [1.29, 1.82) is 0 Å². The molecule has 61 heavy (non-hydrogen) atoms. The van der Waals surface area contributed by atoms with E-state index in [1.807, 2.05) is 0 Å². The minimum Gasteiger partial charge on any atom is -0.494 e. The van der Waals surface area contributed by atoms with Gasteiger partial charge >= 0.3 is 12.3 Å². The number of nitrogens with zero attached hydrogens (tertiary/aromatic N) is 3. The van der Waals surface area contributed by atoms with Crippen LogP contribution in [0.4, 0.5) is 22.4 Å². The van der Waals surface area contributed by atoms with Crippen molar-refractivity contribution >= 4 is 44.7 Å². The van der Waals surface area contributed by atoms with Crippen molar-refractivity contribution in [3.8, 4) is 17.4 Å². The number of fused-ring (bicyclic) bond motifs is 3. The summed E-state index contributed by atoms with van der Waals surface area (Å²) in [5.74, 6) is -4.81. The molecule has 0 spiro atoms. The zero-order valence-electron chi connectivity index (χ0n) is 34.8. The number of methoxy groups -OCH3 is 2. The number of pyridine rings is 1. The molecule has 16 nitrogen and oxygen atoms in total. The number of sulfonamides is 1. The van der Waals surface area contributed by atoms with Gasteiger partial charge in [-0.1, -0.05) is 19.1 Å². The van der Waals surface area contributed by atoms with Crippen molar-refractivity contribution in [1.82, 2.24) is 24.8 Å². The summed E-state index contributed by atoms with van der Waals surface area (Å²) in [5, 5.41) is 13.3. The SMILES string of the molecule is CC[C@@H]1O[C@H](C)CC/C=C\[C@@H]2C[C@@]2(C(=O)NS(=O)(=O)C2(C)CC2)NC(=O)[C@@H]2C[C@@H](Oc3cc(OC)nc4cc(OC)c(F)cc34)CN2C(=O)[C@H]1N(C(=O)O)C(C)(C)C(F)(F)F. The van der Waals surface area contributed by atoms with Crippen LogP contribution in [0.25, 0.3) is 10.9 Å². The number of carbonyl (C=O) groups is 4. The van der Waals surface area contributed by atoms with Crippen LogP contribution in [0.15, 0.2) is 30.4 Å². The maximum Gasteiger partial charge on any atom is 0.411 e. The highest BCUT2D eigenvalue weighted by Gasteiger charge is 2.64. The number of halogens is 4. The molecule has 2 aromatic rings. The smallest absolute Gasteiger partial charge is 0.411 e. The number of amides is 4. The van der Waals surface area contributed by atoms with Crippen LogP contribution >= 0.6 is 0 Å². The van der Waals surface area contributed by atoms with Crippen LogP contribution in [0.3, 0.4) is 0 Å². The van der Waals surface area contributed by atoms with Crippen LogP contribution in [0.5, 0.6) is 17.4 Å². The molecule has 1 saturated heterocycles. The third-order valence-corrected chi connectivity index (χ3v) is 14.4. The second kappa shape index (κ2) is 16.4. The summed E-state index contributed by atoms with van der Waals surface area (Å²) in [6.45, 7) is 5.35. The molecule has 0 unspecified atom stereocenters. The lowest BCUT2D eigenvalue weighted by atomic mass is 9.95. The van der Waals surface area contributed by atoms with Gasteiger partial charge in [-0.05, 0) is 72.3 Å². The summed E-state index contributed by atoms with van der Waals surface area (Å²) in [4.78, 5) is 62.0. The van der Waals surface area contributed by atoms with Crippen molar-refractivity contribution in [2.45, 2.75) is 132 Å². The minimum absolute atomic E-state index is 0.00391. The summed E-state index contributed by atoms with van der Waals surface area (Å²) in [6, 6.07) is -0.0782. The first kappa shape index (κ1) is 45.6. The van der Waals surface area contributed by atoms with E-state index in [1.165, 1.54) is 40.2 Å². The summed E-state index contributed by atoms with van der Waals surface area (Å²) < 4.78 is 110. The molecule has 336 valence electrons. The zero-order chi connectivity index (χ0) is 45.0. The molecule has 4 aliphatic rings. The Morgan fingerprint density at radius 2 is 1.82 bits per heavy atom. The van der Waals surface area contributed by atoms with E-state index < -0.39 is 105 Å². The fraction of sp³-hybridized carbons (Fsp3) is 0.625. The summed E-state index contributed by atoms with van der Waals surface area (Å²) >= 11 is 0. The number of carboxylic acid groups (broad SMARTS) is 1. The second-order valence-corrected chi connectivity index (χ2v) is 19.1. The molecule has 21 heteroatoms. The zero-order valence-corrected chi connectivity index (χ0v) is 35.6. The monoisotopic (exact) mass is 885 g/mol. The van der Waals surface area contributed by atoms with Gasteiger partial charge in [-0.2, -0.15) is 13.2 Å². The number of benzene rings is 1. The number of allylic oxidation sites excluding steroid dienone is 1. The quantitative estimate of drug-likeness (QED) is 0.217. The van der Waals surface area contributed by atoms with Gasteiger partial charge in [0.2, 0.25) is 27.7 Å². The number of hydrogen-bond donors (Lipinski definition) is 3. The van der Waals surface area contributed by atoms with Crippen LogP contribution in [0.2, 0.25) is 0 Å². The number of aromatic nitrogens is 1. The Bertz CT molecular complexity index is 2220. The molecule has 2 aliphatic carbocycles. The molecule has 3 heterocycles. The molecule has 2 aliphatic heterocycles. The molecule has 0 bridgehead atoms. The number of hydrogen-bond acceptors (Lipinski definition) is 11. The van der Waals surface area contributed by atoms with Crippen LogP contribution in [-0.4, -0.2) is 125 Å². The number of alkyl halides is 3. The molecule has 2 saturated carbocycles. The molecular weight excluding hydrogens is 835 g/mol. The number of ether oxygens (including phenoxy) is 4. The van der Waals surface area contributed by atoms with E-state index in [4.69, 9.17) is 18.9 Å². The van der Waals surface area contributed by atoms with Gasteiger partial charge in [-0.3, -0.25) is 24.0 Å². The lowest BCUT2D eigenvalue weighted by molar-refractivity contribution is -0.226. The lowest BCUT2D eigenvalue weighted by Gasteiger charge is -2.45. The van der Waals surface area contributed by atoms with Crippen LogP contribution in [0.1, 0.15) is 79.6 Å².